The highest BCUT2D eigenvalue weighted by Gasteiger charge is 2.09. The molecule has 0 aliphatic carbocycles. The SMILES string of the molecule is CCCCCSCc1cc(C(C)NCC)ccc1OCC. The van der Waals surface area contributed by atoms with Gasteiger partial charge in [-0.1, -0.05) is 32.8 Å². The average molecular weight is 310 g/mol. The predicted octanol–water partition coefficient (Wildman–Crippen LogP) is 5.18. The first-order chi connectivity index (χ1) is 10.2. The van der Waals surface area contributed by atoms with Crippen molar-refractivity contribution in [2.24, 2.45) is 0 Å². The first-order valence-electron chi connectivity index (χ1n) is 8.29. The van der Waals surface area contributed by atoms with Crippen molar-refractivity contribution in [3.05, 3.63) is 29.3 Å². The van der Waals surface area contributed by atoms with Crippen LogP contribution in [0, 0.1) is 0 Å². The maximum Gasteiger partial charge on any atom is 0.123 e. The summed E-state index contributed by atoms with van der Waals surface area (Å²) in [5.41, 5.74) is 2.69. The molecule has 1 rings (SSSR count). The molecule has 1 aromatic rings. The number of benzene rings is 1. The minimum absolute atomic E-state index is 0.398. The monoisotopic (exact) mass is 309 g/mol. The summed E-state index contributed by atoms with van der Waals surface area (Å²) in [6.45, 7) is 10.4. The van der Waals surface area contributed by atoms with Gasteiger partial charge >= 0.3 is 0 Å². The third-order valence-corrected chi connectivity index (χ3v) is 4.64. The minimum Gasteiger partial charge on any atom is -0.494 e. The van der Waals surface area contributed by atoms with E-state index >= 15 is 0 Å². The van der Waals surface area contributed by atoms with Crippen molar-refractivity contribution < 1.29 is 4.74 Å². The van der Waals surface area contributed by atoms with Crippen LogP contribution in [0.15, 0.2) is 18.2 Å². The molecule has 120 valence electrons. The van der Waals surface area contributed by atoms with E-state index in [0.29, 0.717) is 6.04 Å². The van der Waals surface area contributed by atoms with Crippen LogP contribution in [0.5, 0.6) is 5.75 Å². The Hall–Kier alpha value is -0.670. The fourth-order valence-electron chi connectivity index (χ4n) is 2.34. The molecule has 0 radical (unpaired) electrons. The zero-order valence-corrected chi connectivity index (χ0v) is 14.9. The summed E-state index contributed by atoms with van der Waals surface area (Å²) >= 11 is 2.02. The molecule has 1 atom stereocenters. The highest BCUT2D eigenvalue weighted by Crippen LogP contribution is 2.27. The summed E-state index contributed by atoms with van der Waals surface area (Å²) in [5.74, 6) is 3.34. The van der Waals surface area contributed by atoms with Crippen molar-refractivity contribution in [1.29, 1.82) is 0 Å². The Morgan fingerprint density at radius 1 is 1.19 bits per heavy atom. The van der Waals surface area contributed by atoms with Gasteiger partial charge in [-0.25, -0.2) is 0 Å². The van der Waals surface area contributed by atoms with E-state index in [1.165, 1.54) is 36.1 Å². The van der Waals surface area contributed by atoms with Gasteiger partial charge in [-0.15, -0.1) is 0 Å². The molecule has 0 fully saturated rings. The molecular weight excluding hydrogens is 278 g/mol. The molecule has 1 unspecified atom stereocenters. The summed E-state index contributed by atoms with van der Waals surface area (Å²) in [4.78, 5) is 0. The minimum atomic E-state index is 0.398. The lowest BCUT2D eigenvalue weighted by Crippen LogP contribution is -2.17. The van der Waals surface area contributed by atoms with Crippen LogP contribution in [0.4, 0.5) is 0 Å². The first-order valence-corrected chi connectivity index (χ1v) is 9.45. The molecule has 0 aliphatic rings. The second-order valence-electron chi connectivity index (χ2n) is 5.34. The second-order valence-corrected chi connectivity index (χ2v) is 6.44. The van der Waals surface area contributed by atoms with Crippen molar-refractivity contribution in [2.75, 3.05) is 18.9 Å². The molecule has 21 heavy (non-hydrogen) atoms. The van der Waals surface area contributed by atoms with Crippen LogP contribution >= 0.6 is 11.8 Å². The molecule has 0 saturated carbocycles. The fourth-order valence-corrected chi connectivity index (χ4v) is 3.34. The van der Waals surface area contributed by atoms with E-state index in [0.717, 1.165) is 24.7 Å². The van der Waals surface area contributed by atoms with Gasteiger partial charge in [-0.05, 0) is 50.3 Å². The summed E-state index contributed by atoms with van der Waals surface area (Å²) in [6, 6.07) is 7.03. The summed E-state index contributed by atoms with van der Waals surface area (Å²) in [5, 5.41) is 3.48. The Kier molecular flexibility index (Phi) is 9.60. The highest BCUT2D eigenvalue weighted by molar-refractivity contribution is 7.98. The van der Waals surface area contributed by atoms with E-state index in [-0.39, 0.29) is 0 Å². The quantitative estimate of drug-likeness (QED) is 0.569. The Morgan fingerprint density at radius 2 is 2.00 bits per heavy atom. The predicted molar refractivity (Wildman–Crippen MR) is 95.4 cm³/mol. The van der Waals surface area contributed by atoms with Crippen molar-refractivity contribution in [3.8, 4) is 5.75 Å². The lowest BCUT2D eigenvalue weighted by molar-refractivity contribution is 0.337. The van der Waals surface area contributed by atoms with Gasteiger partial charge in [0.2, 0.25) is 0 Å². The van der Waals surface area contributed by atoms with Gasteiger partial charge in [0, 0.05) is 17.4 Å². The summed E-state index contributed by atoms with van der Waals surface area (Å²) < 4.78 is 5.78. The second kappa shape index (κ2) is 11.0. The summed E-state index contributed by atoms with van der Waals surface area (Å²) in [6.07, 6.45) is 3.95. The van der Waals surface area contributed by atoms with Crippen LogP contribution in [0.1, 0.15) is 64.1 Å². The molecular formula is C18H31NOS. The van der Waals surface area contributed by atoms with Gasteiger partial charge in [-0.3, -0.25) is 0 Å². The molecule has 0 aromatic heterocycles. The normalized spacial score (nSPS) is 12.4. The van der Waals surface area contributed by atoms with Crippen LogP contribution in [-0.4, -0.2) is 18.9 Å². The largest absolute Gasteiger partial charge is 0.494 e. The number of nitrogens with one attached hydrogen (secondary N) is 1. The van der Waals surface area contributed by atoms with Crippen LogP contribution in [0.3, 0.4) is 0 Å². The van der Waals surface area contributed by atoms with Gasteiger partial charge in [0.25, 0.3) is 0 Å². The molecule has 1 aromatic carbocycles. The number of rotatable bonds is 11. The molecule has 0 spiro atoms. The first kappa shape index (κ1) is 18.4. The third-order valence-electron chi connectivity index (χ3n) is 3.54. The fraction of sp³-hybridized carbons (Fsp3) is 0.667. The van der Waals surface area contributed by atoms with Crippen molar-refractivity contribution in [1.82, 2.24) is 5.32 Å². The Morgan fingerprint density at radius 3 is 2.67 bits per heavy atom. The van der Waals surface area contributed by atoms with Gasteiger partial charge < -0.3 is 10.1 Å². The molecule has 0 heterocycles. The maximum absolute atomic E-state index is 5.78. The number of hydrogen-bond acceptors (Lipinski definition) is 3. The molecule has 0 saturated heterocycles. The molecule has 0 bridgehead atoms. The zero-order valence-electron chi connectivity index (χ0n) is 14.1. The van der Waals surface area contributed by atoms with Gasteiger partial charge in [0.1, 0.15) is 5.75 Å². The van der Waals surface area contributed by atoms with Crippen LogP contribution < -0.4 is 10.1 Å². The highest BCUT2D eigenvalue weighted by atomic mass is 32.2. The van der Waals surface area contributed by atoms with E-state index in [2.05, 4.69) is 44.3 Å². The Balaban J connectivity index is 2.68. The molecule has 0 aliphatic heterocycles. The number of hydrogen-bond donors (Lipinski definition) is 1. The topological polar surface area (TPSA) is 21.3 Å². The van der Waals surface area contributed by atoms with E-state index in [4.69, 9.17) is 4.74 Å². The standard InChI is InChI=1S/C18H31NOS/c1-5-8-9-12-21-14-17-13-16(15(4)19-6-2)10-11-18(17)20-7-3/h10-11,13,15,19H,5-9,12,14H2,1-4H3. The molecule has 3 heteroatoms. The van der Waals surface area contributed by atoms with Crippen molar-refractivity contribution >= 4 is 11.8 Å². The zero-order chi connectivity index (χ0) is 15.5. The molecule has 2 nitrogen and oxygen atoms in total. The van der Waals surface area contributed by atoms with E-state index < -0.39 is 0 Å². The number of unbranched alkanes of at least 4 members (excludes halogenated alkanes) is 2. The third kappa shape index (κ3) is 6.75. The van der Waals surface area contributed by atoms with Crippen molar-refractivity contribution in [2.45, 2.75) is 58.8 Å². The van der Waals surface area contributed by atoms with Gasteiger partial charge in [-0.2, -0.15) is 11.8 Å². The maximum atomic E-state index is 5.78. The number of thioether (sulfide) groups is 1. The smallest absolute Gasteiger partial charge is 0.123 e. The van der Waals surface area contributed by atoms with E-state index in [1.54, 1.807) is 0 Å². The van der Waals surface area contributed by atoms with Crippen LogP contribution in [-0.2, 0) is 5.75 Å². The lowest BCUT2D eigenvalue weighted by atomic mass is 10.0. The Labute approximate surface area is 135 Å². The van der Waals surface area contributed by atoms with Crippen molar-refractivity contribution in [3.63, 3.8) is 0 Å². The van der Waals surface area contributed by atoms with Crippen LogP contribution in [0.2, 0.25) is 0 Å². The number of ether oxygens (including phenoxy) is 1. The van der Waals surface area contributed by atoms with E-state index in [1.807, 2.05) is 18.7 Å². The molecule has 0 amide bonds. The average Bonchev–Trinajstić information content (AvgIpc) is 2.49. The van der Waals surface area contributed by atoms with Gasteiger partial charge in [0.05, 0.1) is 6.61 Å². The molecule has 1 N–H and O–H groups in total. The van der Waals surface area contributed by atoms with Gasteiger partial charge in [0.15, 0.2) is 0 Å². The van der Waals surface area contributed by atoms with E-state index in [9.17, 15) is 0 Å². The summed E-state index contributed by atoms with van der Waals surface area (Å²) in [7, 11) is 0. The van der Waals surface area contributed by atoms with Crippen LogP contribution in [0.25, 0.3) is 0 Å². The lowest BCUT2D eigenvalue weighted by Gasteiger charge is -2.16. The Bertz CT molecular complexity index is 395.